The summed E-state index contributed by atoms with van der Waals surface area (Å²) in [6, 6.07) is 0.980. The van der Waals surface area contributed by atoms with E-state index in [4.69, 9.17) is 0 Å². The number of carbonyl (C=O) groups is 1. The molecule has 1 aliphatic carbocycles. The van der Waals surface area contributed by atoms with Crippen LogP contribution in [-0.2, 0) is 9.63 Å². The number of hydrogen-bond donors (Lipinski definition) is 1. The van der Waals surface area contributed by atoms with Crippen molar-refractivity contribution in [3.63, 3.8) is 0 Å². The zero-order valence-electron chi connectivity index (χ0n) is 9.25. The van der Waals surface area contributed by atoms with Crippen molar-refractivity contribution >= 4 is 23.0 Å². The van der Waals surface area contributed by atoms with Crippen LogP contribution in [0.5, 0.6) is 0 Å². The van der Waals surface area contributed by atoms with E-state index in [0.717, 1.165) is 4.88 Å². The van der Waals surface area contributed by atoms with Crippen LogP contribution < -0.4 is 5.32 Å². The Bertz CT molecular complexity index is 496. The number of amides is 1. The second kappa shape index (κ2) is 4.60. The molecule has 1 aromatic heterocycles. The van der Waals surface area contributed by atoms with E-state index in [-0.39, 0.29) is 6.42 Å². The predicted octanol–water partition coefficient (Wildman–Crippen LogP) is 2.22. The molecule has 1 atom stereocenters. The molecule has 98 valence electrons. The Morgan fingerprint density at radius 2 is 2.33 bits per heavy atom. The first-order valence-corrected chi connectivity index (χ1v) is 5.87. The van der Waals surface area contributed by atoms with Crippen LogP contribution in [-0.4, -0.2) is 24.9 Å². The van der Waals surface area contributed by atoms with E-state index in [2.05, 4.69) is 9.99 Å². The number of alkyl halides is 3. The van der Waals surface area contributed by atoms with E-state index >= 15 is 0 Å². The van der Waals surface area contributed by atoms with Gasteiger partial charge < -0.3 is 10.2 Å². The van der Waals surface area contributed by atoms with Crippen molar-refractivity contribution in [3.05, 3.63) is 21.9 Å². The Hall–Kier alpha value is -1.57. The first-order valence-electron chi connectivity index (χ1n) is 4.99. The van der Waals surface area contributed by atoms with Crippen LogP contribution in [0.3, 0.4) is 0 Å². The molecule has 0 saturated carbocycles. The summed E-state index contributed by atoms with van der Waals surface area (Å²) in [7, 11) is 1.36. The lowest BCUT2D eigenvalue weighted by atomic mass is 10.2. The molecule has 0 aromatic carbocycles. The number of nitrogens with zero attached hydrogens (tertiary/aromatic N) is 1. The molecule has 0 spiro atoms. The molecule has 4 nitrogen and oxygen atoms in total. The normalized spacial score (nSPS) is 20.9. The van der Waals surface area contributed by atoms with Crippen molar-refractivity contribution in [2.75, 3.05) is 7.11 Å². The van der Waals surface area contributed by atoms with Gasteiger partial charge >= 0.3 is 12.1 Å². The summed E-state index contributed by atoms with van der Waals surface area (Å²) in [6.45, 7) is 0. The van der Waals surface area contributed by atoms with Gasteiger partial charge in [-0.3, -0.25) is 4.79 Å². The number of nitrogens with one attached hydrogen (secondary N) is 1. The van der Waals surface area contributed by atoms with E-state index in [0.29, 0.717) is 11.3 Å². The fourth-order valence-electron chi connectivity index (χ4n) is 1.78. The number of halogens is 3. The van der Waals surface area contributed by atoms with Crippen molar-refractivity contribution < 1.29 is 22.8 Å². The van der Waals surface area contributed by atoms with Gasteiger partial charge in [0.2, 0.25) is 0 Å². The minimum Gasteiger partial charge on any atom is -0.399 e. The van der Waals surface area contributed by atoms with Gasteiger partial charge in [0.05, 0.1) is 16.6 Å². The summed E-state index contributed by atoms with van der Waals surface area (Å²) in [5, 5.41) is 7.45. The predicted molar refractivity (Wildman–Crippen MR) is 59.4 cm³/mol. The van der Waals surface area contributed by atoms with Crippen LogP contribution in [0.15, 0.2) is 16.6 Å². The van der Waals surface area contributed by atoms with Crippen molar-refractivity contribution in [2.24, 2.45) is 5.16 Å². The molecular weight excluding hydrogens is 269 g/mol. The van der Waals surface area contributed by atoms with Gasteiger partial charge in [-0.05, 0) is 17.0 Å². The van der Waals surface area contributed by atoms with Crippen LogP contribution in [0.4, 0.5) is 13.2 Å². The minimum absolute atomic E-state index is 0.206. The quantitative estimate of drug-likeness (QED) is 0.843. The summed E-state index contributed by atoms with van der Waals surface area (Å²) < 4.78 is 36.6. The molecule has 1 aromatic rings. The Morgan fingerprint density at radius 1 is 1.61 bits per heavy atom. The van der Waals surface area contributed by atoms with Crippen LogP contribution >= 0.6 is 11.3 Å². The van der Waals surface area contributed by atoms with Gasteiger partial charge in [-0.25, -0.2) is 0 Å². The number of fused-ring (bicyclic) bond motifs is 1. The molecule has 0 bridgehead atoms. The lowest BCUT2D eigenvalue weighted by Crippen LogP contribution is -2.38. The highest BCUT2D eigenvalue weighted by Gasteiger charge is 2.42. The zero-order valence-corrected chi connectivity index (χ0v) is 10.1. The maximum atomic E-state index is 12.2. The van der Waals surface area contributed by atoms with E-state index in [1.54, 1.807) is 11.4 Å². The fraction of sp³-hybridized carbons (Fsp3) is 0.400. The maximum Gasteiger partial charge on any atom is 0.471 e. The average molecular weight is 278 g/mol. The van der Waals surface area contributed by atoms with Crippen molar-refractivity contribution in [3.8, 4) is 0 Å². The largest absolute Gasteiger partial charge is 0.471 e. The molecule has 1 aliphatic rings. The van der Waals surface area contributed by atoms with Gasteiger partial charge in [-0.2, -0.15) is 13.2 Å². The monoisotopic (exact) mass is 278 g/mol. The number of thiophene rings is 1. The van der Waals surface area contributed by atoms with E-state index in [1.807, 2.05) is 5.32 Å². The van der Waals surface area contributed by atoms with Crippen molar-refractivity contribution in [2.45, 2.75) is 18.6 Å². The standard InChI is InChI=1S/C10H9F3N2O2S/c1-17-15-7-4-6(5-2-3-18-8(5)7)14-9(16)10(11,12)13/h2-3,6H,4H2,1H3,(H,14,16)/b15-7-/t6-/m0/s1. The molecule has 0 radical (unpaired) electrons. The molecule has 1 heterocycles. The summed E-state index contributed by atoms with van der Waals surface area (Å²) in [4.78, 5) is 16.3. The molecule has 0 fully saturated rings. The van der Waals surface area contributed by atoms with Gasteiger partial charge in [0.25, 0.3) is 0 Å². The van der Waals surface area contributed by atoms with Crippen molar-refractivity contribution in [1.29, 1.82) is 0 Å². The van der Waals surface area contributed by atoms with E-state index < -0.39 is 18.1 Å². The second-order valence-electron chi connectivity index (χ2n) is 3.65. The van der Waals surface area contributed by atoms with Crippen LogP contribution in [0.2, 0.25) is 0 Å². The maximum absolute atomic E-state index is 12.2. The molecular formula is C10H9F3N2O2S. The Morgan fingerprint density at radius 3 is 2.94 bits per heavy atom. The summed E-state index contributed by atoms with van der Waals surface area (Å²) in [6.07, 6.45) is -4.67. The highest BCUT2D eigenvalue weighted by molar-refractivity contribution is 7.12. The van der Waals surface area contributed by atoms with Gasteiger partial charge in [-0.1, -0.05) is 5.16 Å². The van der Waals surface area contributed by atoms with Crippen molar-refractivity contribution in [1.82, 2.24) is 5.32 Å². The third kappa shape index (κ3) is 2.33. The van der Waals surface area contributed by atoms with Crippen LogP contribution in [0.1, 0.15) is 22.9 Å². The lowest BCUT2D eigenvalue weighted by molar-refractivity contribution is -0.174. The fourth-order valence-corrected chi connectivity index (χ4v) is 2.74. The Labute approximate surface area is 104 Å². The summed E-state index contributed by atoms with van der Waals surface area (Å²) in [5.41, 5.74) is 1.20. The topological polar surface area (TPSA) is 50.7 Å². The molecule has 8 heteroatoms. The number of hydrogen-bond acceptors (Lipinski definition) is 4. The molecule has 1 amide bonds. The average Bonchev–Trinajstić information content (AvgIpc) is 2.83. The molecule has 18 heavy (non-hydrogen) atoms. The van der Waals surface area contributed by atoms with Gasteiger partial charge in [0.1, 0.15) is 7.11 Å². The first-order chi connectivity index (χ1) is 8.43. The third-order valence-electron chi connectivity index (χ3n) is 2.49. The van der Waals surface area contributed by atoms with Gasteiger partial charge in [0, 0.05) is 6.42 Å². The summed E-state index contributed by atoms with van der Waals surface area (Å²) >= 11 is 1.36. The lowest BCUT2D eigenvalue weighted by Gasteiger charge is -2.13. The Balaban J connectivity index is 2.19. The van der Waals surface area contributed by atoms with E-state index in [1.165, 1.54) is 18.4 Å². The molecule has 2 rings (SSSR count). The zero-order chi connectivity index (χ0) is 13.3. The first kappa shape index (κ1) is 12.9. The second-order valence-corrected chi connectivity index (χ2v) is 4.57. The minimum atomic E-state index is -4.88. The molecule has 0 aliphatic heterocycles. The number of oxime groups is 1. The highest BCUT2D eigenvalue weighted by atomic mass is 32.1. The number of rotatable bonds is 2. The molecule has 0 unspecified atom stereocenters. The SMILES string of the molecule is CO/N=C1/C[C@H](NC(=O)C(F)(F)F)c2ccsc21. The number of carbonyl (C=O) groups excluding carboxylic acids is 1. The highest BCUT2D eigenvalue weighted by Crippen LogP contribution is 2.36. The van der Waals surface area contributed by atoms with Crippen LogP contribution in [0.25, 0.3) is 0 Å². The van der Waals surface area contributed by atoms with Gasteiger partial charge in [0.15, 0.2) is 0 Å². The smallest absolute Gasteiger partial charge is 0.399 e. The summed E-state index contributed by atoms with van der Waals surface area (Å²) in [5.74, 6) is -1.94. The Kier molecular flexibility index (Phi) is 3.29. The van der Waals surface area contributed by atoms with E-state index in [9.17, 15) is 18.0 Å². The molecule has 0 saturated heterocycles. The third-order valence-corrected chi connectivity index (χ3v) is 3.47. The molecule has 1 N–H and O–H groups in total. The van der Waals surface area contributed by atoms with Gasteiger partial charge in [-0.15, -0.1) is 11.3 Å². The van der Waals surface area contributed by atoms with Crippen LogP contribution in [0, 0.1) is 0 Å².